The van der Waals surface area contributed by atoms with Crippen molar-refractivity contribution in [3.63, 3.8) is 0 Å². The van der Waals surface area contributed by atoms with Crippen molar-refractivity contribution in [1.29, 1.82) is 0 Å². The van der Waals surface area contributed by atoms with Gasteiger partial charge in [-0.3, -0.25) is 4.79 Å². The molecular formula is C14H29N3O3S. The number of hydrogen-bond acceptors (Lipinski definition) is 4. The van der Waals surface area contributed by atoms with Crippen molar-refractivity contribution in [2.24, 2.45) is 0 Å². The van der Waals surface area contributed by atoms with E-state index in [0.29, 0.717) is 39.0 Å². The highest BCUT2D eigenvalue weighted by atomic mass is 32.2. The van der Waals surface area contributed by atoms with Gasteiger partial charge in [-0.25, -0.2) is 8.42 Å². The number of carbonyl (C=O) groups is 1. The first-order valence-electron chi connectivity index (χ1n) is 7.92. The maximum atomic E-state index is 12.1. The summed E-state index contributed by atoms with van der Waals surface area (Å²) < 4.78 is 25.5. The van der Waals surface area contributed by atoms with Gasteiger partial charge in [0.15, 0.2) is 0 Å². The zero-order chi connectivity index (χ0) is 15.9. The lowest BCUT2D eigenvalue weighted by Gasteiger charge is -2.34. The molecule has 1 fully saturated rings. The number of rotatable bonds is 8. The van der Waals surface area contributed by atoms with Crippen molar-refractivity contribution in [3.05, 3.63) is 0 Å². The van der Waals surface area contributed by atoms with Crippen molar-refractivity contribution in [3.8, 4) is 0 Å². The highest BCUT2D eigenvalue weighted by Gasteiger charge is 2.27. The molecule has 0 aliphatic carbocycles. The van der Waals surface area contributed by atoms with Gasteiger partial charge in [0.1, 0.15) is 0 Å². The second kappa shape index (κ2) is 8.70. The van der Waals surface area contributed by atoms with Gasteiger partial charge in [-0.05, 0) is 19.5 Å². The van der Waals surface area contributed by atoms with Crippen LogP contribution in [0.3, 0.4) is 0 Å². The predicted octanol–water partition coefficient (Wildman–Crippen LogP) is 0.602. The summed E-state index contributed by atoms with van der Waals surface area (Å²) in [7, 11) is -3.13. The van der Waals surface area contributed by atoms with Crippen LogP contribution in [0.5, 0.6) is 0 Å². The Hall–Kier alpha value is -0.660. The highest BCUT2D eigenvalue weighted by Crippen LogP contribution is 2.10. The molecule has 21 heavy (non-hydrogen) atoms. The Kier molecular flexibility index (Phi) is 7.62. The van der Waals surface area contributed by atoms with Gasteiger partial charge in [0.25, 0.3) is 0 Å². The summed E-state index contributed by atoms with van der Waals surface area (Å²) in [6, 6.07) is 0. The van der Waals surface area contributed by atoms with E-state index >= 15 is 0 Å². The fourth-order valence-electron chi connectivity index (χ4n) is 2.55. The largest absolute Gasteiger partial charge is 0.340 e. The zero-order valence-corrected chi connectivity index (χ0v) is 14.4. The molecule has 0 aromatic carbocycles. The molecule has 1 rings (SSSR count). The smallest absolute Gasteiger partial charge is 0.223 e. The summed E-state index contributed by atoms with van der Waals surface area (Å²) in [5, 5.41) is 0. The molecule has 6 nitrogen and oxygen atoms in total. The highest BCUT2D eigenvalue weighted by molar-refractivity contribution is 7.89. The number of piperazine rings is 1. The Morgan fingerprint density at radius 1 is 1.05 bits per heavy atom. The maximum Gasteiger partial charge on any atom is 0.223 e. The van der Waals surface area contributed by atoms with Gasteiger partial charge in [-0.15, -0.1) is 0 Å². The van der Waals surface area contributed by atoms with E-state index < -0.39 is 10.0 Å². The van der Waals surface area contributed by atoms with Crippen molar-refractivity contribution >= 4 is 15.9 Å². The second-order valence-corrected chi connectivity index (χ2v) is 7.46. The van der Waals surface area contributed by atoms with Gasteiger partial charge in [-0.2, -0.15) is 4.31 Å². The number of hydrogen-bond donors (Lipinski definition) is 0. The normalized spacial score (nSPS) is 17.4. The van der Waals surface area contributed by atoms with Gasteiger partial charge >= 0.3 is 0 Å². The van der Waals surface area contributed by atoms with Crippen molar-refractivity contribution < 1.29 is 13.2 Å². The average Bonchev–Trinajstić information content (AvgIpc) is 2.48. The lowest BCUT2D eigenvalue weighted by molar-refractivity contribution is -0.132. The van der Waals surface area contributed by atoms with E-state index in [-0.39, 0.29) is 11.7 Å². The van der Waals surface area contributed by atoms with Crippen molar-refractivity contribution in [2.45, 2.75) is 33.6 Å². The minimum Gasteiger partial charge on any atom is -0.340 e. The molecule has 1 aliphatic rings. The second-order valence-electron chi connectivity index (χ2n) is 5.37. The van der Waals surface area contributed by atoms with Crippen LogP contribution in [0, 0.1) is 0 Å². The van der Waals surface area contributed by atoms with Crippen LogP contribution in [0.25, 0.3) is 0 Å². The fourth-order valence-corrected chi connectivity index (χ4v) is 4.05. The number of sulfonamides is 1. The minimum atomic E-state index is -3.13. The molecule has 0 aromatic heterocycles. The van der Waals surface area contributed by atoms with E-state index in [4.69, 9.17) is 0 Å². The van der Waals surface area contributed by atoms with E-state index in [9.17, 15) is 13.2 Å². The third kappa shape index (κ3) is 5.56. The van der Waals surface area contributed by atoms with Crippen LogP contribution in [0.2, 0.25) is 0 Å². The van der Waals surface area contributed by atoms with Crippen LogP contribution >= 0.6 is 0 Å². The lowest BCUT2D eigenvalue weighted by Crippen LogP contribution is -2.51. The monoisotopic (exact) mass is 319 g/mol. The van der Waals surface area contributed by atoms with Crippen LogP contribution in [0.1, 0.15) is 33.6 Å². The Morgan fingerprint density at radius 3 is 2.10 bits per heavy atom. The molecule has 0 spiro atoms. The molecule has 0 aromatic rings. The van der Waals surface area contributed by atoms with Crippen molar-refractivity contribution in [1.82, 2.24) is 14.1 Å². The summed E-state index contributed by atoms with van der Waals surface area (Å²) >= 11 is 0. The fraction of sp³-hybridized carbons (Fsp3) is 0.929. The van der Waals surface area contributed by atoms with Gasteiger partial charge in [-0.1, -0.05) is 20.8 Å². The first-order valence-corrected chi connectivity index (χ1v) is 9.53. The van der Waals surface area contributed by atoms with Gasteiger partial charge < -0.3 is 9.80 Å². The Labute approximate surface area is 129 Å². The molecule has 0 unspecified atom stereocenters. The molecule has 124 valence electrons. The molecule has 0 atom stereocenters. The average molecular weight is 319 g/mol. The van der Waals surface area contributed by atoms with Crippen LogP contribution in [-0.2, 0) is 14.8 Å². The summed E-state index contributed by atoms with van der Waals surface area (Å²) in [4.78, 5) is 16.2. The van der Waals surface area contributed by atoms with E-state index in [1.807, 2.05) is 6.92 Å². The van der Waals surface area contributed by atoms with Crippen LogP contribution < -0.4 is 0 Å². The molecule has 0 radical (unpaired) electrons. The number of nitrogens with zero attached hydrogens (tertiary/aromatic N) is 3. The van der Waals surface area contributed by atoms with Crippen LogP contribution in [0.4, 0.5) is 0 Å². The first-order chi connectivity index (χ1) is 9.94. The molecular weight excluding hydrogens is 290 g/mol. The molecule has 0 N–H and O–H groups in total. The number of carbonyl (C=O) groups excluding carboxylic acids is 1. The van der Waals surface area contributed by atoms with E-state index in [0.717, 1.165) is 19.6 Å². The molecule has 7 heteroatoms. The Bertz CT molecular complexity index is 413. The molecule has 1 heterocycles. The number of amides is 1. The topological polar surface area (TPSA) is 60.9 Å². The Morgan fingerprint density at radius 2 is 1.62 bits per heavy atom. The first kappa shape index (κ1) is 18.4. The van der Waals surface area contributed by atoms with E-state index in [1.165, 1.54) is 4.31 Å². The van der Waals surface area contributed by atoms with Gasteiger partial charge in [0.05, 0.1) is 5.75 Å². The van der Waals surface area contributed by atoms with Crippen molar-refractivity contribution in [2.75, 3.05) is 51.6 Å². The summed E-state index contributed by atoms with van der Waals surface area (Å²) in [5.74, 6) is 0.331. The third-order valence-electron chi connectivity index (χ3n) is 3.98. The zero-order valence-electron chi connectivity index (χ0n) is 13.5. The van der Waals surface area contributed by atoms with Gasteiger partial charge in [0, 0.05) is 39.1 Å². The third-order valence-corrected chi connectivity index (χ3v) is 6.06. The van der Waals surface area contributed by atoms with Crippen LogP contribution in [-0.4, -0.2) is 80.0 Å². The molecule has 0 saturated carbocycles. The standard InChI is InChI=1S/C14H29N3O3S/c1-4-13-21(19,20)17-11-9-16(10-12-17)14(18)7-8-15(5-2)6-3/h4-13H2,1-3H3. The van der Waals surface area contributed by atoms with E-state index in [1.54, 1.807) is 4.90 Å². The quantitative estimate of drug-likeness (QED) is 0.657. The molecule has 1 amide bonds. The molecule has 1 aliphatic heterocycles. The van der Waals surface area contributed by atoms with Gasteiger partial charge in [0.2, 0.25) is 15.9 Å². The summed E-state index contributed by atoms with van der Waals surface area (Å²) in [6.45, 7) is 10.6. The Balaban J connectivity index is 2.40. The summed E-state index contributed by atoms with van der Waals surface area (Å²) in [5.41, 5.74) is 0. The maximum absolute atomic E-state index is 12.1. The SMILES string of the molecule is CCCS(=O)(=O)N1CCN(C(=O)CCN(CC)CC)CC1. The lowest BCUT2D eigenvalue weighted by atomic mass is 10.3. The predicted molar refractivity (Wildman–Crippen MR) is 84.6 cm³/mol. The van der Waals surface area contributed by atoms with E-state index in [2.05, 4.69) is 18.7 Å². The molecule has 0 bridgehead atoms. The minimum absolute atomic E-state index is 0.134. The molecule has 1 saturated heterocycles. The van der Waals surface area contributed by atoms with Crippen LogP contribution in [0.15, 0.2) is 0 Å². The summed E-state index contributed by atoms with van der Waals surface area (Å²) in [6.07, 6.45) is 1.15.